The zero-order valence-corrected chi connectivity index (χ0v) is 9.63. The molecule has 84 valence electrons. The molecule has 0 saturated carbocycles. The fraction of sp³-hybridized carbons (Fsp3) is 0.0667. The molecule has 2 rings (SSSR count). The molecule has 2 heteroatoms. The summed E-state index contributed by atoms with van der Waals surface area (Å²) in [6.07, 6.45) is 0. The molecule has 0 saturated heterocycles. The summed E-state index contributed by atoms with van der Waals surface area (Å²) >= 11 is 0. The van der Waals surface area contributed by atoms with Crippen molar-refractivity contribution in [3.63, 3.8) is 0 Å². The quantitative estimate of drug-likeness (QED) is 0.719. The van der Waals surface area contributed by atoms with Gasteiger partial charge in [-0.3, -0.25) is 4.79 Å². The second-order valence-corrected chi connectivity index (χ2v) is 3.71. The third kappa shape index (κ3) is 2.88. The molecular formula is C15H13NO. The summed E-state index contributed by atoms with van der Waals surface area (Å²) in [7, 11) is 0. The summed E-state index contributed by atoms with van der Waals surface area (Å²) in [6, 6.07) is 19.5. The summed E-state index contributed by atoms with van der Waals surface area (Å²) in [5.74, 6) is -0.187. The number of amides is 1. The van der Waals surface area contributed by atoms with Crippen molar-refractivity contribution in [3.05, 3.63) is 71.8 Å². The first kappa shape index (κ1) is 11.3. The van der Waals surface area contributed by atoms with Crippen molar-refractivity contribution in [1.29, 1.82) is 0 Å². The normalized spacial score (nSPS) is 9.71. The molecule has 2 aromatic rings. The lowest BCUT2D eigenvalue weighted by Crippen LogP contribution is -2.05. The molecule has 0 aliphatic rings. The second-order valence-electron chi connectivity index (χ2n) is 3.71. The second kappa shape index (κ2) is 5.21. The largest absolute Gasteiger partial charge is 0.273 e. The fourth-order valence-corrected chi connectivity index (χ4v) is 1.65. The van der Waals surface area contributed by atoms with E-state index in [-0.39, 0.29) is 5.91 Å². The van der Waals surface area contributed by atoms with Crippen molar-refractivity contribution in [3.8, 4) is 0 Å². The molecule has 0 fully saturated rings. The Morgan fingerprint density at radius 3 is 1.59 bits per heavy atom. The van der Waals surface area contributed by atoms with E-state index in [9.17, 15) is 4.79 Å². The lowest BCUT2D eigenvalue weighted by molar-refractivity contribution is -0.115. The van der Waals surface area contributed by atoms with Gasteiger partial charge in [0.2, 0.25) is 5.91 Å². The molecule has 0 heterocycles. The Kier molecular flexibility index (Phi) is 3.46. The van der Waals surface area contributed by atoms with E-state index in [1.54, 1.807) is 0 Å². The summed E-state index contributed by atoms with van der Waals surface area (Å²) in [4.78, 5) is 15.3. The highest BCUT2D eigenvalue weighted by atomic mass is 16.1. The number of carbonyl (C=O) groups is 1. The Morgan fingerprint density at radius 1 is 0.824 bits per heavy atom. The van der Waals surface area contributed by atoms with E-state index in [2.05, 4.69) is 4.99 Å². The Balaban J connectivity index is 2.51. The highest BCUT2D eigenvalue weighted by molar-refractivity contribution is 6.16. The summed E-state index contributed by atoms with van der Waals surface area (Å²) in [6.45, 7) is 1.46. The molecule has 0 aliphatic carbocycles. The minimum absolute atomic E-state index is 0.187. The predicted octanol–water partition coefficient (Wildman–Crippen LogP) is 3.07. The first-order valence-electron chi connectivity index (χ1n) is 5.47. The number of carbonyl (C=O) groups excluding carboxylic acids is 1. The van der Waals surface area contributed by atoms with Crippen molar-refractivity contribution in [2.75, 3.05) is 0 Å². The van der Waals surface area contributed by atoms with Gasteiger partial charge in [0, 0.05) is 18.1 Å². The Labute approximate surface area is 101 Å². The molecule has 2 nitrogen and oxygen atoms in total. The Bertz CT molecular complexity index is 488. The molecular weight excluding hydrogens is 210 g/mol. The molecule has 0 aliphatic heterocycles. The van der Waals surface area contributed by atoms with Gasteiger partial charge >= 0.3 is 0 Å². The van der Waals surface area contributed by atoms with Crippen molar-refractivity contribution in [1.82, 2.24) is 0 Å². The molecule has 0 unspecified atom stereocenters. The molecule has 0 bridgehead atoms. The van der Waals surface area contributed by atoms with Gasteiger partial charge in [-0.1, -0.05) is 60.7 Å². The van der Waals surface area contributed by atoms with E-state index in [0.29, 0.717) is 0 Å². The topological polar surface area (TPSA) is 29.4 Å². The zero-order chi connectivity index (χ0) is 12.1. The summed E-state index contributed by atoms with van der Waals surface area (Å²) in [5, 5.41) is 0. The smallest absolute Gasteiger partial charge is 0.243 e. The lowest BCUT2D eigenvalue weighted by atomic mass is 10.0. The fourth-order valence-electron chi connectivity index (χ4n) is 1.65. The van der Waals surface area contributed by atoms with Crippen LogP contribution in [0, 0.1) is 0 Å². The van der Waals surface area contributed by atoms with E-state index in [1.165, 1.54) is 6.92 Å². The Hall–Kier alpha value is -2.22. The van der Waals surface area contributed by atoms with Gasteiger partial charge in [-0.25, -0.2) is 4.99 Å². The maximum Gasteiger partial charge on any atom is 0.243 e. The van der Waals surface area contributed by atoms with Crippen LogP contribution in [0.25, 0.3) is 0 Å². The molecule has 17 heavy (non-hydrogen) atoms. The van der Waals surface area contributed by atoms with E-state index in [4.69, 9.17) is 0 Å². The Morgan fingerprint density at radius 2 is 1.24 bits per heavy atom. The van der Waals surface area contributed by atoms with Crippen molar-refractivity contribution >= 4 is 11.6 Å². The first-order chi connectivity index (χ1) is 8.27. The summed E-state index contributed by atoms with van der Waals surface area (Å²) < 4.78 is 0. The van der Waals surface area contributed by atoms with Gasteiger partial charge < -0.3 is 0 Å². The minimum atomic E-state index is -0.187. The predicted molar refractivity (Wildman–Crippen MR) is 69.2 cm³/mol. The molecule has 2 aromatic carbocycles. The third-order valence-corrected chi connectivity index (χ3v) is 2.36. The van der Waals surface area contributed by atoms with Crippen LogP contribution in [0.1, 0.15) is 18.1 Å². The van der Waals surface area contributed by atoms with Crippen molar-refractivity contribution in [2.24, 2.45) is 4.99 Å². The van der Waals surface area contributed by atoms with Gasteiger partial charge in [-0.05, 0) is 0 Å². The molecule has 1 amide bonds. The molecule has 0 radical (unpaired) electrons. The van der Waals surface area contributed by atoms with Gasteiger partial charge in [-0.15, -0.1) is 0 Å². The SMILES string of the molecule is CC(=O)N=C(c1ccccc1)c1ccccc1. The van der Waals surface area contributed by atoms with E-state index in [0.717, 1.165) is 16.8 Å². The van der Waals surface area contributed by atoms with Gasteiger partial charge in [-0.2, -0.15) is 0 Å². The maximum absolute atomic E-state index is 11.2. The standard InChI is InChI=1S/C15H13NO/c1-12(17)16-15(13-8-4-2-5-9-13)14-10-6-3-7-11-14/h2-11H,1H3. The third-order valence-electron chi connectivity index (χ3n) is 2.36. The highest BCUT2D eigenvalue weighted by Gasteiger charge is 2.06. The average molecular weight is 223 g/mol. The van der Waals surface area contributed by atoms with Gasteiger partial charge in [0.15, 0.2) is 0 Å². The van der Waals surface area contributed by atoms with Gasteiger partial charge in [0.1, 0.15) is 0 Å². The number of aliphatic imine (C=N–C) groups is 1. The van der Waals surface area contributed by atoms with Crippen LogP contribution in [0.15, 0.2) is 65.7 Å². The van der Waals surface area contributed by atoms with Crippen LogP contribution in [-0.4, -0.2) is 11.6 Å². The number of nitrogens with zero attached hydrogens (tertiary/aromatic N) is 1. The summed E-state index contributed by atoms with van der Waals surface area (Å²) in [5.41, 5.74) is 2.63. The molecule has 0 spiro atoms. The van der Waals surface area contributed by atoms with Crippen LogP contribution in [0.2, 0.25) is 0 Å². The number of hydrogen-bond acceptors (Lipinski definition) is 1. The van der Waals surface area contributed by atoms with Crippen LogP contribution in [-0.2, 0) is 4.79 Å². The van der Waals surface area contributed by atoms with Crippen molar-refractivity contribution in [2.45, 2.75) is 6.92 Å². The molecule has 0 N–H and O–H groups in total. The van der Waals surface area contributed by atoms with Crippen molar-refractivity contribution < 1.29 is 4.79 Å². The van der Waals surface area contributed by atoms with Crippen LogP contribution in [0.4, 0.5) is 0 Å². The lowest BCUT2D eigenvalue weighted by Gasteiger charge is -2.05. The van der Waals surface area contributed by atoms with Crippen LogP contribution in [0.3, 0.4) is 0 Å². The van der Waals surface area contributed by atoms with E-state index in [1.807, 2.05) is 60.7 Å². The molecule has 0 atom stereocenters. The first-order valence-corrected chi connectivity index (χ1v) is 5.47. The minimum Gasteiger partial charge on any atom is -0.273 e. The number of benzene rings is 2. The van der Waals surface area contributed by atoms with Crippen LogP contribution >= 0.6 is 0 Å². The highest BCUT2D eigenvalue weighted by Crippen LogP contribution is 2.10. The van der Waals surface area contributed by atoms with Gasteiger partial charge in [0.05, 0.1) is 5.71 Å². The van der Waals surface area contributed by atoms with Crippen LogP contribution in [0.5, 0.6) is 0 Å². The maximum atomic E-state index is 11.2. The monoisotopic (exact) mass is 223 g/mol. The number of hydrogen-bond donors (Lipinski definition) is 0. The number of rotatable bonds is 2. The average Bonchev–Trinajstić information content (AvgIpc) is 2.38. The van der Waals surface area contributed by atoms with E-state index < -0.39 is 0 Å². The van der Waals surface area contributed by atoms with Gasteiger partial charge in [0.25, 0.3) is 0 Å². The molecule has 0 aromatic heterocycles. The zero-order valence-electron chi connectivity index (χ0n) is 9.63. The van der Waals surface area contributed by atoms with E-state index >= 15 is 0 Å². The van der Waals surface area contributed by atoms with Crippen LogP contribution < -0.4 is 0 Å².